The van der Waals surface area contributed by atoms with Gasteiger partial charge in [0.15, 0.2) is 11.6 Å². The van der Waals surface area contributed by atoms with Gasteiger partial charge in [0, 0.05) is 11.1 Å². The number of carbonyl (C=O) groups is 2. The average Bonchev–Trinajstić information content (AvgIpc) is 2.54. The molecule has 0 aliphatic heterocycles. The average molecular weight is 263 g/mol. The lowest BCUT2D eigenvalue weighted by Gasteiger charge is -1.98. The second-order valence-corrected chi connectivity index (χ2v) is 4.80. The van der Waals surface area contributed by atoms with Crippen molar-refractivity contribution >= 4 is 23.2 Å². The van der Waals surface area contributed by atoms with Gasteiger partial charge in [0.05, 0.1) is 24.7 Å². The molecule has 3 nitrogen and oxygen atoms in total. The summed E-state index contributed by atoms with van der Waals surface area (Å²) in [5, 5.41) is 0.388. The predicted octanol–water partition coefficient (Wildman–Crippen LogP) is 1.22. The highest BCUT2D eigenvalue weighted by Gasteiger charge is 2.32. The number of hydrogen-bond donors (Lipinski definition) is 1. The third kappa shape index (κ3) is 2.28. The lowest BCUT2D eigenvalue weighted by Crippen LogP contribution is -3.00. The van der Waals surface area contributed by atoms with Crippen LogP contribution in [-0.2, 0) is 0 Å². The molecule has 1 aliphatic rings. The highest BCUT2D eigenvalue weighted by atomic mass is 35.5. The molecule has 0 bridgehead atoms. The standard InChI is InChI=1S/C14H12ClNO2/c1-16(2)8-9(15)7-12-13(17)10-5-3-4-6-11(10)14(12)18/h3-8H,1-2H3/p+1/b9-8-. The van der Waals surface area contributed by atoms with E-state index < -0.39 is 0 Å². The molecule has 0 fully saturated rings. The molecule has 0 saturated heterocycles. The predicted molar refractivity (Wildman–Crippen MR) is 69.9 cm³/mol. The van der Waals surface area contributed by atoms with E-state index in [0.29, 0.717) is 16.2 Å². The van der Waals surface area contributed by atoms with Crippen LogP contribution in [0.1, 0.15) is 20.7 Å². The first-order valence-corrected chi connectivity index (χ1v) is 5.96. The number of fused-ring (bicyclic) bond motifs is 1. The molecule has 1 aromatic carbocycles. The molecule has 2 rings (SSSR count). The molecular formula is C14H13ClNO2+. The zero-order chi connectivity index (χ0) is 13.3. The van der Waals surface area contributed by atoms with Crippen molar-refractivity contribution in [2.45, 2.75) is 0 Å². The lowest BCUT2D eigenvalue weighted by molar-refractivity contribution is -0.801. The molecular weight excluding hydrogens is 250 g/mol. The SMILES string of the molecule is C[NH+](C)/C=C(\Cl)C=C1C(=O)c2ccccc2C1=O. The molecule has 0 radical (unpaired) electrons. The Hall–Kier alpha value is -1.71. The van der Waals surface area contributed by atoms with Crippen molar-refractivity contribution in [3.63, 3.8) is 0 Å². The molecule has 0 spiro atoms. The van der Waals surface area contributed by atoms with Crippen LogP contribution in [0.4, 0.5) is 0 Å². The van der Waals surface area contributed by atoms with Gasteiger partial charge in [0.25, 0.3) is 0 Å². The molecule has 92 valence electrons. The number of allylic oxidation sites excluding steroid dienone is 3. The van der Waals surface area contributed by atoms with Crippen LogP contribution in [0.25, 0.3) is 0 Å². The molecule has 0 unspecified atom stereocenters. The fourth-order valence-corrected chi connectivity index (χ4v) is 2.19. The Labute approximate surface area is 110 Å². The molecule has 0 amide bonds. The minimum atomic E-state index is -0.254. The highest BCUT2D eigenvalue weighted by molar-refractivity contribution is 6.41. The van der Waals surface area contributed by atoms with Crippen LogP contribution in [0.15, 0.2) is 47.1 Å². The molecule has 1 aliphatic carbocycles. The van der Waals surface area contributed by atoms with Crippen LogP contribution >= 0.6 is 11.6 Å². The minimum Gasteiger partial charge on any atom is -0.312 e. The molecule has 0 heterocycles. The molecule has 0 saturated carbocycles. The minimum absolute atomic E-state index is 0.138. The van der Waals surface area contributed by atoms with Crippen molar-refractivity contribution in [1.29, 1.82) is 0 Å². The van der Waals surface area contributed by atoms with Gasteiger partial charge in [-0.3, -0.25) is 9.59 Å². The quantitative estimate of drug-likeness (QED) is 0.643. The monoisotopic (exact) mass is 262 g/mol. The van der Waals surface area contributed by atoms with E-state index in [4.69, 9.17) is 11.6 Å². The molecule has 1 aromatic rings. The van der Waals surface area contributed by atoms with Gasteiger partial charge in [-0.2, -0.15) is 0 Å². The number of halogens is 1. The van der Waals surface area contributed by atoms with Crippen molar-refractivity contribution in [2.24, 2.45) is 0 Å². The fraction of sp³-hybridized carbons (Fsp3) is 0.143. The van der Waals surface area contributed by atoms with Crippen LogP contribution in [0.2, 0.25) is 0 Å². The Balaban J connectivity index is 2.43. The van der Waals surface area contributed by atoms with Gasteiger partial charge < -0.3 is 4.90 Å². The molecule has 0 atom stereocenters. The number of hydrogen-bond acceptors (Lipinski definition) is 2. The molecule has 4 heteroatoms. The summed E-state index contributed by atoms with van der Waals surface area (Å²) in [5.41, 5.74) is 1.05. The highest BCUT2D eigenvalue weighted by Crippen LogP contribution is 2.27. The maximum absolute atomic E-state index is 12.0. The van der Waals surface area contributed by atoms with Crippen LogP contribution < -0.4 is 4.90 Å². The first-order chi connectivity index (χ1) is 8.50. The number of quaternary nitrogens is 1. The molecule has 0 aromatic heterocycles. The van der Waals surface area contributed by atoms with Crippen LogP contribution in [0.3, 0.4) is 0 Å². The fourth-order valence-electron chi connectivity index (χ4n) is 1.86. The number of carbonyl (C=O) groups excluding carboxylic acids is 2. The Morgan fingerprint density at radius 2 is 1.61 bits per heavy atom. The van der Waals surface area contributed by atoms with Gasteiger partial charge in [-0.15, -0.1) is 0 Å². The van der Waals surface area contributed by atoms with E-state index in [1.807, 2.05) is 14.1 Å². The summed E-state index contributed by atoms with van der Waals surface area (Å²) in [7, 11) is 3.79. The normalized spacial score (nSPS) is 15.3. The van der Waals surface area contributed by atoms with Gasteiger partial charge >= 0.3 is 0 Å². The Kier molecular flexibility index (Phi) is 3.45. The summed E-state index contributed by atoms with van der Waals surface area (Å²) >= 11 is 5.99. The molecule has 18 heavy (non-hydrogen) atoms. The Morgan fingerprint density at radius 1 is 1.11 bits per heavy atom. The van der Waals surface area contributed by atoms with Crippen molar-refractivity contribution < 1.29 is 14.5 Å². The van der Waals surface area contributed by atoms with Gasteiger partial charge in [0.1, 0.15) is 6.20 Å². The van der Waals surface area contributed by atoms with E-state index in [1.165, 1.54) is 6.08 Å². The van der Waals surface area contributed by atoms with E-state index in [0.717, 1.165) is 4.90 Å². The van der Waals surface area contributed by atoms with E-state index in [2.05, 4.69) is 0 Å². The maximum atomic E-state index is 12.0. The van der Waals surface area contributed by atoms with Crippen LogP contribution in [-0.4, -0.2) is 25.7 Å². The number of nitrogens with one attached hydrogen (secondary N) is 1. The summed E-state index contributed by atoms with van der Waals surface area (Å²) in [5.74, 6) is -0.508. The lowest BCUT2D eigenvalue weighted by atomic mass is 10.1. The number of rotatable bonds is 2. The van der Waals surface area contributed by atoms with E-state index in [1.54, 1.807) is 30.5 Å². The zero-order valence-corrected chi connectivity index (χ0v) is 10.9. The molecule has 1 N–H and O–H groups in total. The van der Waals surface area contributed by atoms with E-state index in [-0.39, 0.29) is 17.1 Å². The van der Waals surface area contributed by atoms with Crippen molar-refractivity contribution in [2.75, 3.05) is 14.1 Å². The van der Waals surface area contributed by atoms with Crippen LogP contribution in [0, 0.1) is 0 Å². The first kappa shape index (κ1) is 12.7. The van der Waals surface area contributed by atoms with Crippen LogP contribution in [0.5, 0.6) is 0 Å². The Morgan fingerprint density at radius 3 is 2.06 bits per heavy atom. The van der Waals surface area contributed by atoms with Crippen molar-refractivity contribution in [1.82, 2.24) is 0 Å². The maximum Gasteiger partial charge on any atom is 0.197 e. The first-order valence-electron chi connectivity index (χ1n) is 5.58. The summed E-state index contributed by atoms with van der Waals surface area (Å²) in [6.07, 6.45) is 3.16. The summed E-state index contributed by atoms with van der Waals surface area (Å²) in [4.78, 5) is 25.1. The second kappa shape index (κ2) is 4.88. The smallest absolute Gasteiger partial charge is 0.197 e. The van der Waals surface area contributed by atoms with Gasteiger partial charge in [-0.1, -0.05) is 35.9 Å². The van der Waals surface area contributed by atoms with Gasteiger partial charge in [0.2, 0.25) is 0 Å². The number of Topliss-reactive ketones (excluding diaryl/α,β-unsaturated/α-hetero) is 2. The number of benzene rings is 1. The largest absolute Gasteiger partial charge is 0.312 e. The summed E-state index contributed by atoms with van der Waals surface area (Å²) in [6, 6.07) is 6.80. The Bertz CT molecular complexity index is 548. The third-order valence-electron chi connectivity index (χ3n) is 2.61. The van der Waals surface area contributed by atoms with E-state index >= 15 is 0 Å². The third-order valence-corrected chi connectivity index (χ3v) is 2.83. The van der Waals surface area contributed by atoms with Gasteiger partial charge in [-0.05, 0) is 6.08 Å². The number of ketones is 2. The topological polar surface area (TPSA) is 38.6 Å². The zero-order valence-electron chi connectivity index (χ0n) is 10.2. The summed E-state index contributed by atoms with van der Waals surface area (Å²) < 4.78 is 0. The van der Waals surface area contributed by atoms with Gasteiger partial charge in [-0.25, -0.2) is 0 Å². The second-order valence-electron chi connectivity index (χ2n) is 4.37. The summed E-state index contributed by atoms with van der Waals surface area (Å²) in [6.45, 7) is 0. The van der Waals surface area contributed by atoms with Crippen molar-refractivity contribution in [3.05, 3.63) is 58.3 Å². The van der Waals surface area contributed by atoms with Crippen molar-refractivity contribution in [3.8, 4) is 0 Å². The van der Waals surface area contributed by atoms with E-state index in [9.17, 15) is 9.59 Å².